The lowest BCUT2D eigenvalue weighted by molar-refractivity contribution is -0.140. The molecule has 1 fully saturated rings. The summed E-state index contributed by atoms with van der Waals surface area (Å²) in [6.45, 7) is 1.84. The first-order valence-electron chi connectivity index (χ1n) is 14.6. The van der Waals surface area contributed by atoms with Crippen LogP contribution in [0.4, 0.5) is 0 Å². The van der Waals surface area contributed by atoms with Crippen molar-refractivity contribution in [2.75, 3.05) is 20.8 Å². The van der Waals surface area contributed by atoms with E-state index in [1.807, 2.05) is 12.2 Å². The highest BCUT2D eigenvalue weighted by Crippen LogP contribution is 2.52. The van der Waals surface area contributed by atoms with Crippen molar-refractivity contribution >= 4 is 29.5 Å². The molecule has 1 heterocycles. The number of likely N-dealkylation sites (tertiary alicyclic amines) is 1. The molecule has 4 atom stereocenters. The van der Waals surface area contributed by atoms with Crippen LogP contribution < -0.4 is 9.47 Å². The fourth-order valence-corrected chi connectivity index (χ4v) is 7.07. The molecule has 9 nitrogen and oxygen atoms in total. The van der Waals surface area contributed by atoms with Gasteiger partial charge in [-0.15, -0.1) is 0 Å². The highest BCUT2D eigenvalue weighted by Gasteiger charge is 2.55. The van der Waals surface area contributed by atoms with Crippen molar-refractivity contribution in [1.82, 2.24) is 4.90 Å². The summed E-state index contributed by atoms with van der Waals surface area (Å²) in [5.74, 6) is -2.63. The van der Waals surface area contributed by atoms with Crippen molar-refractivity contribution in [3.8, 4) is 23.0 Å². The number of carbonyl (C=O) groups is 4. The Kier molecular flexibility index (Phi) is 7.49. The summed E-state index contributed by atoms with van der Waals surface area (Å²) in [5.41, 5.74) is 3.55. The average Bonchev–Trinajstić information content (AvgIpc) is 3.26. The Morgan fingerprint density at radius 2 is 1.64 bits per heavy atom. The smallest absolute Gasteiger partial charge is 0.233 e. The number of nitrogens with zero attached hydrogens (tertiary/aromatic N) is 1. The van der Waals surface area contributed by atoms with Crippen LogP contribution in [-0.4, -0.2) is 59.3 Å². The van der Waals surface area contributed by atoms with Gasteiger partial charge in [0.25, 0.3) is 0 Å². The number of rotatable bonds is 7. The lowest BCUT2D eigenvalue weighted by atomic mass is 9.60. The predicted octanol–water partition coefficient (Wildman–Crippen LogP) is 4.33. The Balaban J connectivity index is 1.35. The molecule has 44 heavy (non-hydrogen) atoms. The monoisotopic (exact) mass is 595 g/mol. The number of amides is 2. The molecule has 6 rings (SSSR count). The van der Waals surface area contributed by atoms with Crippen molar-refractivity contribution in [3.05, 3.63) is 88.0 Å². The average molecular weight is 596 g/mol. The number of allylic oxidation sites excluding steroid dienone is 7. The number of imide groups is 1. The lowest BCUT2D eigenvalue weighted by Gasteiger charge is -2.41. The first-order chi connectivity index (χ1) is 21.1. The van der Waals surface area contributed by atoms with E-state index in [-0.39, 0.29) is 59.3 Å². The molecule has 2 aromatic rings. The molecular formula is C35H33NO8. The summed E-state index contributed by atoms with van der Waals surface area (Å²) in [6, 6.07) is 9.95. The molecule has 0 bridgehead atoms. The van der Waals surface area contributed by atoms with Crippen LogP contribution in [0.2, 0.25) is 0 Å². The maximum Gasteiger partial charge on any atom is 0.233 e. The van der Waals surface area contributed by atoms with Gasteiger partial charge in [-0.3, -0.25) is 24.1 Å². The molecule has 0 aromatic heterocycles. The van der Waals surface area contributed by atoms with Gasteiger partial charge in [-0.25, -0.2) is 0 Å². The molecule has 3 aliphatic carbocycles. The van der Waals surface area contributed by atoms with Gasteiger partial charge < -0.3 is 19.7 Å². The number of fused-ring (bicyclic) bond motifs is 3. The van der Waals surface area contributed by atoms with Gasteiger partial charge in [-0.1, -0.05) is 35.9 Å². The number of phenols is 2. The zero-order valence-corrected chi connectivity index (χ0v) is 24.7. The number of carbonyl (C=O) groups excluding carboxylic acids is 4. The minimum absolute atomic E-state index is 0.135. The van der Waals surface area contributed by atoms with E-state index in [1.165, 1.54) is 25.2 Å². The minimum Gasteiger partial charge on any atom is -0.508 e. The van der Waals surface area contributed by atoms with Gasteiger partial charge in [-0.2, -0.15) is 0 Å². The van der Waals surface area contributed by atoms with Gasteiger partial charge in [0.05, 0.1) is 26.1 Å². The largest absolute Gasteiger partial charge is 0.508 e. The zero-order valence-electron chi connectivity index (χ0n) is 24.7. The summed E-state index contributed by atoms with van der Waals surface area (Å²) < 4.78 is 10.6. The van der Waals surface area contributed by atoms with Gasteiger partial charge >= 0.3 is 0 Å². The normalized spacial score (nSPS) is 24.7. The number of ketones is 2. The number of Topliss-reactive ketones (excluding diaryl/α,β-unsaturated/α-hetero) is 1. The van der Waals surface area contributed by atoms with Crippen LogP contribution in [0.15, 0.2) is 76.9 Å². The fourth-order valence-electron chi connectivity index (χ4n) is 7.07. The van der Waals surface area contributed by atoms with Crippen LogP contribution in [0.5, 0.6) is 23.0 Å². The molecule has 4 aliphatic rings. The number of hydrogen-bond donors (Lipinski definition) is 2. The maximum absolute atomic E-state index is 13.9. The van der Waals surface area contributed by atoms with Crippen LogP contribution in [0, 0.1) is 23.7 Å². The van der Waals surface area contributed by atoms with Crippen LogP contribution in [0.1, 0.15) is 30.9 Å². The lowest BCUT2D eigenvalue weighted by Crippen LogP contribution is -2.40. The quantitative estimate of drug-likeness (QED) is 0.275. The van der Waals surface area contributed by atoms with E-state index in [0.29, 0.717) is 35.1 Å². The van der Waals surface area contributed by atoms with E-state index < -0.39 is 23.7 Å². The number of phenolic OH excluding ortho intramolecular Hbond substituents is 2. The number of benzene rings is 2. The van der Waals surface area contributed by atoms with Crippen molar-refractivity contribution in [3.63, 3.8) is 0 Å². The van der Waals surface area contributed by atoms with E-state index in [1.54, 1.807) is 49.4 Å². The standard InChI is InChI=1S/C35H33NO8/c1-18-14-27(38)30-23(9-6-20-15-28(43-2)33(40)29(16-20)44-3)22-10-11-24-31(25(22)17-26(30)32(18)39)35(42)36(34(24)41)13-12-19-4-7-21(37)8-5-19/h4-10,14-16,23-25,31,37,40H,11-13,17H2,1-3H3. The zero-order chi connectivity index (χ0) is 31.3. The van der Waals surface area contributed by atoms with E-state index >= 15 is 0 Å². The summed E-state index contributed by atoms with van der Waals surface area (Å²) in [5, 5.41) is 19.9. The third kappa shape index (κ3) is 4.82. The Morgan fingerprint density at radius 1 is 0.955 bits per heavy atom. The Morgan fingerprint density at radius 3 is 2.30 bits per heavy atom. The maximum atomic E-state index is 13.9. The number of methoxy groups -OCH3 is 2. The van der Waals surface area contributed by atoms with E-state index in [9.17, 15) is 29.4 Å². The number of aromatic hydroxyl groups is 2. The summed E-state index contributed by atoms with van der Waals surface area (Å²) in [6.07, 6.45) is 8.00. The first-order valence-corrected chi connectivity index (χ1v) is 14.6. The SMILES string of the molecule is COc1cc(C=CC2C3=CCC4C(=O)N(CCc5ccc(O)cc5)C(=O)C4C3CC3=C2C(=O)C=C(C)C3=O)cc(OC)c1O. The summed E-state index contributed by atoms with van der Waals surface area (Å²) in [4.78, 5) is 55.6. The molecule has 1 aliphatic heterocycles. The Labute approximate surface area is 254 Å². The van der Waals surface area contributed by atoms with Gasteiger partial charge in [0.2, 0.25) is 17.6 Å². The minimum atomic E-state index is -0.629. The third-order valence-electron chi connectivity index (χ3n) is 9.25. The van der Waals surface area contributed by atoms with Crippen LogP contribution in [0.3, 0.4) is 0 Å². The molecule has 2 aromatic carbocycles. The number of hydrogen-bond acceptors (Lipinski definition) is 8. The van der Waals surface area contributed by atoms with Crippen molar-refractivity contribution in [1.29, 1.82) is 0 Å². The molecule has 2 N–H and O–H groups in total. The van der Waals surface area contributed by atoms with Gasteiger partial charge in [-0.05, 0) is 73.6 Å². The number of ether oxygens (including phenoxy) is 2. The highest BCUT2D eigenvalue weighted by molar-refractivity contribution is 6.23. The van der Waals surface area contributed by atoms with Crippen LogP contribution >= 0.6 is 0 Å². The predicted molar refractivity (Wildman–Crippen MR) is 161 cm³/mol. The van der Waals surface area contributed by atoms with Crippen LogP contribution in [-0.2, 0) is 25.6 Å². The second-order valence-electron chi connectivity index (χ2n) is 11.7. The van der Waals surface area contributed by atoms with Crippen molar-refractivity contribution in [2.24, 2.45) is 23.7 Å². The summed E-state index contributed by atoms with van der Waals surface area (Å²) >= 11 is 0. The molecular weight excluding hydrogens is 562 g/mol. The van der Waals surface area contributed by atoms with Crippen molar-refractivity contribution < 1.29 is 38.9 Å². The van der Waals surface area contributed by atoms with E-state index in [2.05, 4.69) is 0 Å². The third-order valence-corrected chi connectivity index (χ3v) is 9.25. The van der Waals surface area contributed by atoms with Crippen molar-refractivity contribution in [2.45, 2.75) is 26.2 Å². The molecule has 0 spiro atoms. The fraction of sp³-hybridized carbons (Fsp3) is 0.314. The second kappa shape index (κ2) is 11.3. The molecule has 226 valence electrons. The topological polar surface area (TPSA) is 130 Å². The molecule has 4 unspecified atom stereocenters. The van der Waals surface area contributed by atoms with Gasteiger partial charge in [0.1, 0.15) is 5.75 Å². The molecule has 0 saturated carbocycles. The molecule has 1 saturated heterocycles. The van der Waals surface area contributed by atoms with Gasteiger partial charge in [0, 0.05) is 29.2 Å². The van der Waals surface area contributed by atoms with E-state index in [0.717, 1.165) is 11.1 Å². The van der Waals surface area contributed by atoms with Crippen LogP contribution in [0.25, 0.3) is 6.08 Å². The first kappa shape index (κ1) is 29.2. The highest BCUT2D eigenvalue weighted by atomic mass is 16.5. The molecule has 9 heteroatoms. The Hall–Kier alpha value is -4.92. The molecule has 2 amide bonds. The Bertz CT molecular complexity index is 1690. The second-order valence-corrected chi connectivity index (χ2v) is 11.7. The van der Waals surface area contributed by atoms with E-state index in [4.69, 9.17) is 9.47 Å². The molecule has 0 radical (unpaired) electrons. The summed E-state index contributed by atoms with van der Waals surface area (Å²) in [7, 11) is 2.87. The van der Waals surface area contributed by atoms with Gasteiger partial charge in [0.15, 0.2) is 23.1 Å².